The Bertz CT molecular complexity index is 335. The Hall–Kier alpha value is -0.890. The van der Waals surface area contributed by atoms with Crippen LogP contribution in [0.25, 0.3) is 0 Å². The Labute approximate surface area is 78.9 Å². The largest absolute Gasteiger partial charge is 0.366 e. The fourth-order valence-corrected chi connectivity index (χ4v) is 1.80. The molecule has 0 N–H and O–H groups in total. The number of ether oxygens (including phenoxy) is 1. The maximum absolute atomic E-state index is 5.78. The molecule has 0 unspecified atom stereocenters. The van der Waals surface area contributed by atoms with Gasteiger partial charge in [-0.15, -0.1) is 0 Å². The van der Waals surface area contributed by atoms with Crippen molar-refractivity contribution in [2.45, 2.75) is 39.4 Å². The minimum absolute atomic E-state index is 0.0803. The lowest BCUT2D eigenvalue weighted by atomic mass is 9.92. The van der Waals surface area contributed by atoms with E-state index in [1.54, 1.807) is 0 Å². The third-order valence-electron chi connectivity index (χ3n) is 2.91. The summed E-state index contributed by atoms with van der Waals surface area (Å²) in [6.07, 6.45) is 2.95. The van der Waals surface area contributed by atoms with Crippen molar-refractivity contribution in [2.24, 2.45) is 0 Å². The van der Waals surface area contributed by atoms with Crippen LogP contribution in [0.1, 0.15) is 37.1 Å². The van der Waals surface area contributed by atoms with Crippen LogP contribution in [0.15, 0.2) is 12.3 Å². The molecular formula is C11H15NO. The number of aromatic nitrogens is 1. The van der Waals surface area contributed by atoms with Gasteiger partial charge in [0.25, 0.3) is 0 Å². The molecule has 0 fully saturated rings. The van der Waals surface area contributed by atoms with E-state index in [0.29, 0.717) is 6.61 Å². The molecule has 70 valence electrons. The van der Waals surface area contributed by atoms with E-state index in [4.69, 9.17) is 4.74 Å². The van der Waals surface area contributed by atoms with Crippen LogP contribution in [-0.2, 0) is 16.9 Å². The standard InChI is InChI=1S/C11H15NO/c1-4-11(3)10-5-8(2)12-6-9(10)7-13-11/h5-6H,4,7H2,1-3H3/t11-/m1/s1. The summed E-state index contributed by atoms with van der Waals surface area (Å²) in [6.45, 7) is 7.05. The van der Waals surface area contributed by atoms with Gasteiger partial charge in [0, 0.05) is 17.5 Å². The van der Waals surface area contributed by atoms with E-state index < -0.39 is 0 Å². The van der Waals surface area contributed by atoms with Crippen LogP contribution in [0.5, 0.6) is 0 Å². The van der Waals surface area contributed by atoms with Crippen molar-refractivity contribution in [3.05, 3.63) is 29.1 Å². The van der Waals surface area contributed by atoms with E-state index in [1.807, 2.05) is 13.1 Å². The van der Waals surface area contributed by atoms with Crippen LogP contribution in [0.2, 0.25) is 0 Å². The fraction of sp³-hybridized carbons (Fsp3) is 0.545. The molecule has 0 saturated heterocycles. The van der Waals surface area contributed by atoms with Gasteiger partial charge in [-0.25, -0.2) is 0 Å². The van der Waals surface area contributed by atoms with Gasteiger partial charge in [-0.2, -0.15) is 0 Å². The molecule has 1 aliphatic rings. The van der Waals surface area contributed by atoms with Crippen molar-refractivity contribution in [3.8, 4) is 0 Å². The molecule has 2 rings (SSSR count). The van der Waals surface area contributed by atoms with Crippen molar-refractivity contribution in [3.63, 3.8) is 0 Å². The Balaban J connectivity index is 2.52. The highest BCUT2D eigenvalue weighted by Crippen LogP contribution is 2.38. The van der Waals surface area contributed by atoms with Crippen molar-refractivity contribution >= 4 is 0 Å². The van der Waals surface area contributed by atoms with Gasteiger partial charge in [-0.3, -0.25) is 4.98 Å². The summed E-state index contributed by atoms with van der Waals surface area (Å²) in [4.78, 5) is 4.27. The monoisotopic (exact) mass is 177 g/mol. The second-order valence-corrected chi connectivity index (χ2v) is 3.86. The summed E-state index contributed by atoms with van der Waals surface area (Å²) in [7, 11) is 0. The molecule has 2 heterocycles. The maximum Gasteiger partial charge on any atom is 0.0909 e. The molecule has 13 heavy (non-hydrogen) atoms. The zero-order chi connectivity index (χ0) is 9.47. The average molecular weight is 177 g/mol. The van der Waals surface area contributed by atoms with Crippen molar-refractivity contribution in [1.29, 1.82) is 0 Å². The van der Waals surface area contributed by atoms with E-state index in [1.165, 1.54) is 11.1 Å². The van der Waals surface area contributed by atoms with Crippen LogP contribution in [0, 0.1) is 6.92 Å². The molecule has 0 aromatic carbocycles. The van der Waals surface area contributed by atoms with E-state index >= 15 is 0 Å². The van der Waals surface area contributed by atoms with Crippen molar-refractivity contribution in [2.75, 3.05) is 0 Å². The van der Waals surface area contributed by atoms with Crippen LogP contribution in [0.4, 0.5) is 0 Å². The highest BCUT2D eigenvalue weighted by atomic mass is 16.5. The molecule has 0 radical (unpaired) electrons. The highest BCUT2D eigenvalue weighted by molar-refractivity contribution is 5.34. The van der Waals surface area contributed by atoms with Gasteiger partial charge < -0.3 is 4.74 Å². The Kier molecular flexibility index (Phi) is 1.88. The first-order chi connectivity index (χ1) is 6.15. The number of hydrogen-bond acceptors (Lipinski definition) is 2. The molecule has 0 aliphatic carbocycles. The predicted octanol–water partition coefficient (Wildman–Crippen LogP) is 2.55. The van der Waals surface area contributed by atoms with Gasteiger partial charge in [-0.1, -0.05) is 6.92 Å². The molecule has 2 heteroatoms. The first-order valence-electron chi connectivity index (χ1n) is 4.75. The Morgan fingerprint density at radius 2 is 2.38 bits per heavy atom. The van der Waals surface area contributed by atoms with Crippen LogP contribution in [-0.4, -0.2) is 4.98 Å². The zero-order valence-corrected chi connectivity index (χ0v) is 8.42. The summed E-state index contributed by atoms with van der Waals surface area (Å²) in [6, 6.07) is 2.14. The lowest BCUT2D eigenvalue weighted by molar-refractivity contribution is -0.0259. The summed E-state index contributed by atoms with van der Waals surface area (Å²) in [5, 5.41) is 0. The number of fused-ring (bicyclic) bond motifs is 1. The SMILES string of the molecule is CC[C@@]1(C)OCc2cnc(C)cc21. The summed E-state index contributed by atoms with van der Waals surface area (Å²) in [5.74, 6) is 0. The fourth-order valence-electron chi connectivity index (χ4n) is 1.80. The molecule has 2 nitrogen and oxygen atoms in total. The Morgan fingerprint density at radius 1 is 1.62 bits per heavy atom. The molecule has 1 aromatic rings. The quantitative estimate of drug-likeness (QED) is 0.657. The molecule has 0 saturated carbocycles. The van der Waals surface area contributed by atoms with E-state index in [-0.39, 0.29) is 5.60 Å². The number of nitrogens with zero attached hydrogens (tertiary/aromatic N) is 1. The predicted molar refractivity (Wildman–Crippen MR) is 51.4 cm³/mol. The van der Waals surface area contributed by atoms with Gasteiger partial charge in [0.2, 0.25) is 0 Å². The normalized spacial score (nSPS) is 26.1. The van der Waals surface area contributed by atoms with Crippen molar-refractivity contribution in [1.82, 2.24) is 4.98 Å². The third kappa shape index (κ3) is 1.25. The summed E-state index contributed by atoms with van der Waals surface area (Å²) in [5.41, 5.74) is 3.56. The second-order valence-electron chi connectivity index (χ2n) is 3.86. The lowest BCUT2D eigenvalue weighted by Gasteiger charge is -2.22. The van der Waals surface area contributed by atoms with Crippen LogP contribution >= 0.6 is 0 Å². The minimum Gasteiger partial charge on any atom is -0.366 e. The molecule has 0 spiro atoms. The topological polar surface area (TPSA) is 22.1 Å². The van der Waals surface area contributed by atoms with E-state index in [0.717, 1.165) is 12.1 Å². The second kappa shape index (κ2) is 2.81. The Morgan fingerprint density at radius 3 is 3.08 bits per heavy atom. The molecule has 1 aromatic heterocycles. The molecule has 0 amide bonds. The number of hydrogen-bond donors (Lipinski definition) is 0. The molecule has 0 bridgehead atoms. The summed E-state index contributed by atoms with van der Waals surface area (Å²) >= 11 is 0. The first kappa shape index (κ1) is 8.70. The third-order valence-corrected chi connectivity index (χ3v) is 2.91. The average Bonchev–Trinajstić information content (AvgIpc) is 2.45. The van der Waals surface area contributed by atoms with Gasteiger partial charge in [-0.05, 0) is 31.9 Å². The smallest absolute Gasteiger partial charge is 0.0909 e. The highest BCUT2D eigenvalue weighted by Gasteiger charge is 2.33. The minimum atomic E-state index is -0.0803. The van der Waals surface area contributed by atoms with Crippen molar-refractivity contribution < 1.29 is 4.74 Å². The van der Waals surface area contributed by atoms with Gasteiger partial charge in [0.1, 0.15) is 0 Å². The summed E-state index contributed by atoms with van der Waals surface area (Å²) < 4.78 is 5.78. The molecular weight excluding hydrogens is 162 g/mol. The van der Waals surface area contributed by atoms with Gasteiger partial charge in [0.05, 0.1) is 12.2 Å². The zero-order valence-electron chi connectivity index (χ0n) is 8.42. The number of rotatable bonds is 1. The number of pyridine rings is 1. The van der Waals surface area contributed by atoms with Gasteiger partial charge >= 0.3 is 0 Å². The lowest BCUT2D eigenvalue weighted by Crippen LogP contribution is -2.19. The molecule has 1 atom stereocenters. The van der Waals surface area contributed by atoms with Gasteiger partial charge in [0.15, 0.2) is 0 Å². The first-order valence-corrected chi connectivity index (χ1v) is 4.75. The number of aryl methyl sites for hydroxylation is 1. The van der Waals surface area contributed by atoms with E-state index in [2.05, 4.69) is 24.9 Å². The van der Waals surface area contributed by atoms with Crippen LogP contribution < -0.4 is 0 Å². The molecule has 1 aliphatic heterocycles. The van der Waals surface area contributed by atoms with E-state index in [9.17, 15) is 0 Å². The van der Waals surface area contributed by atoms with Crippen LogP contribution in [0.3, 0.4) is 0 Å². The maximum atomic E-state index is 5.78.